The second-order valence-electron chi connectivity index (χ2n) is 2.86. The average molecular weight is 211 g/mol. The molecule has 2 heterocycles. The highest BCUT2D eigenvalue weighted by Gasteiger charge is 2.23. The number of sulfonamides is 1. The van der Waals surface area contributed by atoms with Gasteiger partial charge in [0.1, 0.15) is 10.7 Å². The van der Waals surface area contributed by atoms with E-state index in [0.717, 1.165) is 0 Å². The maximum atomic E-state index is 11.6. The number of anilines is 1. The summed E-state index contributed by atoms with van der Waals surface area (Å²) in [6, 6.07) is 1.62. The van der Waals surface area contributed by atoms with Crippen molar-refractivity contribution in [3.8, 4) is 0 Å². The van der Waals surface area contributed by atoms with Gasteiger partial charge in [-0.15, -0.1) is 4.40 Å². The van der Waals surface area contributed by atoms with Crippen LogP contribution >= 0.6 is 0 Å². The van der Waals surface area contributed by atoms with Gasteiger partial charge in [-0.25, -0.2) is 0 Å². The summed E-state index contributed by atoms with van der Waals surface area (Å²) in [6.45, 7) is 1.84. The van der Waals surface area contributed by atoms with Crippen LogP contribution in [0, 0.1) is 0 Å². The van der Waals surface area contributed by atoms with Gasteiger partial charge >= 0.3 is 0 Å². The predicted molar refractivity (Wildman–Crippen MR) is 52.8 cm³/mol. The Morgan fingerprint density at radius 2 is 2.29 bits per heavy atom. The van der Waals surface area contributed by atoms with E-state index in [4.69, 9.17) is 0 Å². The van der Waals surface area contributed by atoms with Gasteiger partial charge in [-0.3, -0.25) is 4.98 Å². The molecule has 74 valence electrons. The molecule has 0 atom stereocenters. The number of hydrogen-bond acceptors (Lipinski definition) is 4. The third kappa shape index (κ3) is 1.37. The Hall–Kier alpha value is -1.43. The molecule has 6 heteroatoms. The molecule has 0 fully saturated rings. The Bertz CT molecular complexity index is 493. The number of amidine groups is 1. The molecule has 0 unspecified atom stereocenters. The molecule has 1 aromatic heterocycles. The fourth-order valence-electron chi connectivity index (χ4n) is 1.21. The van der Waals surface area contributed by atoms with Crippen LogP contribution < -0.4 is 5.32 Å². The molecular weight excluding hydrogens is 202 g/mol. The average Bonchev–Trinajstić information content (AvgIpc) is 2.17. The van der Waals surface area contributed by atoms with Crippen LogP contribution in [0.5, 0.6) is 0 Å². The minimum absolute atomic E-state index is 0.136. The molecule has 0 saturated carbocycles. The maximum Gasteiger partial charge on any atom is 0.287 e. The van der Waals surface area contributed by atoms with E-state index >= 15 is 0 Å². The van der Waals surface area contributed by atoms with Crippen LogP contribution in [-0.4, -0.2) is 19.2 Å². The Labute approximate surface area is 81.9 Å². The van der Waals surface area contributed by atoms with E-state index in [0.29, 0.717) is 17.9 Å². The summed E-state index contributed by atoms with van der Waals surface area (Å²) >= 11 is 0. The van der Waals surface area contributed by atoms with Crippen molar-refractivity contribution in [2.24, 2.45) is 4.40 Å². The molecule has 2 rings (SSSR count). The number of aromatic nitrogens is 1. The monoisotopic (exact) mass is 211 g/mol. The summed E-state index contributed by atoms with van der Waals surface area (Å²) < 4.78 is 26.8. The van der Waals surface area contributed by atoms with Crippen molar-refractivity contribution < 1.29 is 8.42 Å². The summed E-state index contributed by atoms with van der Waals surface area (Å²) in [5.74, 6) is 0.462. The van der Waals surface area contributed by atoms with Crippen molar-refractivity contribution in [1.29, 1.82) is 0 Å². The van der Waals surface area contributed by atoms with Crippen LogP contribution in [0.3, 0.4) is 0 Å². The van der Waals surface area contributed by atoms with Gasteiger partial charge in [-0.2, -0.15) is 8.42 Å². The van der Waals surface area contributed by atoms with Crippen molar-refractivity contribution >= 4 is 21.5 Å². The Morgan fingerprint density at radius 3 is 3.00 bits per heavy atom. The van der Waals surface area contributed by atoms with Gasteiger partial charge in [0, 0.05) is 18.8 Å². The van der Waals surface area contributed by atoms with Crippen molar-refractivity contribution in [3.05, 3.63) is 18.5 Å². The molecule has 5 nitrogen and oxygen atoms in total. The molecule has 0 saturated heterocycles. The van der Waals surface area contributed by atoms with Crippen molar-refractivity contribution in [2.75, 3.05) is 5.32 Å². The van der Waals surface area contributed by atoms with Crippen molar-refractivity contribution in [1.82, 2.24) is 4.98 Å². The molecule has 1 aliphatic rings. The van der Waals surface area contributed by atoms with Gasteiger partial charge in [0.05, 0.1) is 5.69 Å². The second kappa shape index (κ2) is 3.06. The highest BCUT2D eigenvalue weighted by Crippen LogP contribution is 2.25. The van der Waals surface area contributed by atoms with Gasteiger partial charge in [-0.05, 0) is 6.07 Å². The number of pyridine rings is 1. The van der Waals surface area contributed by atoms with E-state index in [1.165, 1.54) is 6.20 Å². The standard InChI is InChI=1S/C8H9N3O2S/c1-2-8-10-6-3-4-9-5-7(6)14(12,13)11-8/h3-5H,2H2,1H3,(H,10,11). The van der Waals surface area contributed by atoms with E-state index in [1.807, 2.05) is 6.92 Å². The molecule has 1 aliphatic heterocycles. The Balaban J connectivity index is 2.63. The lowest BCUT2D eigenvalue weighted by atomic mass is 10.3. The first-order valence-electron chi connectivity index (χ1n) is 4.18. The van der Waals surface area contributed by atoms with Crippen molar-refractivity contribution in [2.45, 2.75) is 18.2 Å². The lowest BCUT2D eigenvalue weighted by molar-refractivity contribution is 0.597. The highest BCUT2D eigenvalue weighted by molar-refractivity contribution is 7.90. The van der Waals surface area contributed by atoms with Crippen LogP contribution in [0.25, 0.3) is 0 Å². The van der Waals surface area contributed by atoms with Crippen LogP contribution in [0.4, 0.5) is 5.69 Å². The molecule has 0 spiro atoms. The predicted octanol–water partition coefficient (Wildman–Crippen LogP) is 1.00. The van der Waals surface area contributed by atoms with E-state index in [2.05, 4.69) is 14.7 Å². The van der Waals surface area contributed by atoms with Crippen molar-refractivity contribution in [3.63, 3.8) is 0 Å². The third-order valence-corrected chi connectivity index (χ3v) is 3.25. The van der Waals surface area contributed by atoms with Gasteiger partial charge in [0.2, 0.25) is 0 Å². The topological polar surface area (TPSA) is 71.4 Å². The first-order chi connectivity index (χ1) is 6.63. The lowest BCUT2D eigenvalue weighted by Gasteiger charge is -2.16. The number of fused-ring (bicyclic) bond motifs is 1. The molecular formula is C8H9N3O2S. The molecule has 14 heavy (non-hydrogen) atoms. The number of hydrogen-bond donors (Lipinski definition) is 1. The second-order valence-corrected chi connectivity index (χ2v) is 4.44. The minimum atomic E-state index is -3.54. The van der Waals surface area contributed by atoms with E-state index in [1.54, 1.807) is 12.3 Å². The van der Waals surface area contributed by atoms with E-state index < -0.39 is 10.0 Å². The number of nitrogens with zero attached hydrogens (tertiary/aromatic N) is 2. The number of nitrogens with one attached hydrogen (secondary N) is 1. The fraction of sp³-hybridized carbons (Fsp3) is 0.250. The van der Waals surface area contributed by atoms with Crippen LogP contribution in [0.2, 0.25) is 0 Å². The van der Waals surface area contributed by atoms with Gasteiger partial charge in [-0.1, -0.05) is 6.92 Å². The largest absolute Gasteiger partial charge is 0.342 e. The molecule has 0 amide bonds. The van der Waals surface area contributed by atoms with Gasteiger partial charge in [0.25, 0.3) is 10.0 Å². The quantitative estimate of drug-likeness (QED) is 0.752. The molecule has 0 radical (unpaired) electrons. The molecule has 1 aromatic rings. The zero-order chi connectivity index (χ0) is 10.2. The normalized spacial score (nSPS) is 17.9. The summed E-state index contributed by atoms with van der Waals surface area (Å²) in [6.07, 6.45) is 3.40. The van der Waals surface area contributed by atoms with Crippen LogP contribution in [0.1, 0.15) is 13.3 Å². The zero-order valence-electron chi connectivity index (χ0n) is 7.56. The summed E-state index contributed by atoms with van der Waals surface area (Å²) in [7, 11) is -3.54. The summed E-state index contributed by atoms with van der Waals surface area (Å²) in [4.78, 5) is 3.89. The maximum absolute atomic E-state index is 11.6. The molecule has 0 bridgehead atoms. The van der Waals surface area contributed by atoms with Gasteiger partial charge in [0.15, 0.2) is 0 Å². The van der Waals surface area contributed by atoms with Crippen LogP contribution in [0.15, 0.2) is 27.8 Å². The number of rotatable bonds is 1. The molecule has 0 aromatic carbocycles. The van der Waals surface area contributed by atoms with E-state index in [-0.39, 0.29) is 4.90 Å². The SMILES string of the molecule is CCC1=NS(=O)(=O)c2cnccc2N1. The smallest absolute Gasteiger partial charge is 0.287 e. The van der Waals surface area contributed by atoms with E-state index in [9.17, 15) is 8.42 Å². The minimum Gasteiger partial charge on any atom is -0.342 e. The Kier molecular flexibility index (Phi) is 1.99. The molecule has 0 aliphatic carbocycles. The fourth-order valence-corrected chi connectivity index (χ4v) is 2.37. The zero-order valence-corrected chi connectivity index (χ0v) is 8.37. The highest BCUT2D eigenvalue weighted by atomic mass is 32.2. The summed E-state index contributed by atoms with van der Waals surface area (Å²) in [5, 5.41) is 2.93. The lowest BCUT2D eigenvalue weighted by Crippen LogP contribution is -2.20. The van der Waals surface area contributed by atoms with Crippen LogP contribution in [-0.2, 0) is 10.0 Å². The first-order valence-corrected chi connectivity index (χ1v) is 5.62. The van der Waals surface area contributed by atoms with Gasteiger partial charge < -0.3 is 5.32 Å². The Morgan fingerprint density at radius 1 is 1.50 bits per heavy atom. The first kappa shape index (κ1) is 9.14. The summed E-state index contributed by atoms with van der Waals surface area (Å²) in [5.41, 5.74) is 0.548. The third-order valence-electron chi connectivity index (χ3n) is 1.91. The molecule has 1 N–H and O–H groups in total.